The fourth-order valence-electron chi connectivity index (χ4n) is 3.18. The Hall–Kier alpha value is -1.98. The quantitative estimate of drug-likeness (QED) is 0.799. The van der Waals surface area contributed by atoms with Crippen LogP contribution >= 0.6 is 0 Å². The molecule has 0 spiro atoms. The molecule has 2 aromatic rings. The highest BCUT2D eigenvalue weighted by atomic mass is 32.2. The number of Topliss-reactive ketones (excluding diaryl/α,β-unsaturated/α-hetero) is 1. The Bertz CT molecular complexity index is 823. The molecule has 0 bridgehead atoms. The summed E-state index contributed by atoms with van der Waals surface area (Å²) < 4.78 is 27.2. The van der Waals surface area contributed by atoms with Crippen molar-refractivity contribution in [1.29, 1.82) is 0 Å². The van der Waals surface area contributed by atoms with Crippen molar-refractivity contribution in [2.24, 2.45) is 0 Å². The number of sulfonamides is 1. The van der Waals surface area contributed by atoms with Gasteiger partial charge < -0.3 is 0 Å². The molecule has 0 aliphatic carbocycles. The standard InChI is InChI=1S/C19H21NO3S/c1-15(21)18-8-5-9-19(14-18)24(22,23)20-12-10-17(11-13-20)16-6-3-2-4-7-16/h2-9,14,17H,10-13H2,1H3. The molecule has 0 N–H and O–H groups in total. The van der Waals surface area contributed by atoms with Crippen LogP contribution in [0.1, 0.15) is 41.6 Å². The first-order valence-corrected chi connectivity index (χ1v) is 9.58. The molecular weight excluding hydrogens is 322 g/mol. The molecule has 0 aromatic heterocycles. The number of rotatable bonds is 4. The highest BCUT2D eigenvalue weighted by Gasteiger charge is 2.30. The second-order valence-corrected chi connectivity index (χ2v) is 8.11. The molecule has 0 amide bonds. The summed E-state index contributed by atoms with van der Waals surface area (Å²) in [5.74, 6) is 0.274. The van der Waals surface area contributed by atoms with Crippen LogP contribution in [0, 0.1) is 0 Å². The summed E-state index contributed by atoms with van der Waals surface area (Å²) in [5.41, 5.74) is 1.70. The molecule has 24 heavy (non-hydrogen) atoms. The van der Waals surface area contributed by atoms with Crippen molar-refractivity contribution in [3.05, 3.63) is 65.7 Å². The average molecular weight is 343 g/mol. The van der Waals surface area contributed by atoms with Gasteiger partial charge in [-0.05, 0) is 43.4 Å². The monoisotopic (exact) mass is 343 g/mol. The second-order valence-electron chi connectivity index (χ2n) is 6.17. The number of nitrogens with zero attached hydrogens (tertiary/aromatic N) is 1. The van der Waals surface area contributed by atoms with Gasteiger partial charge in [0.1, 0.15) is 0 Å². The summed E-state index contributed by atoms with van der Waals surface area (Å²) in [7, 11) is -3.54. The van der Waals surface area contributed by atoms with Crippen molar-refractivity contribution in [3.63, 3.8) is 0 Å². The van der Waals surface area contributed by atoms with Crippen LogP contribution in [0.4, 0.5) is 0 Å². The number of benzene rings is 2. The number of carbonyl (C=O) groups is 1. The molecule has 1 fully saturated rings. The van der Waals surface area contributed by atoms with E-state index in [1.807, 2.05) is 18.2 Å². The fourth-order valence-corrected chi connectivity index (χ4v) is 4.70. The zero-order valence-corrected chi connectivity index (χ0v) is 14.5. The molecule has 1 heterocycles. The number of carbonyl (C=O) groups excluding carboxylic acids is 1. The van der Waals surface area contributed by atoms with Crippen molar-refractivity contribution < 1.29 is 13.2 Å². The predicted octanol–water partition coefficient (Wildman–Crippen LogP) is 3.46. The maximum absolute atomic E-state index is 12.8. The summed E-state index contributed by atoms with van der Waals surface area (Å²) in [6.45, 7) is 2.45. The van der Waals surface area contributed by atoms with E-state index < -0.39 is 10.0 Å². The lowest BCUT2D eigenvalue weighted by Gasteiger charge is -2.31. The Morgan fingerprint density at radius 2 is 1.67 bits per heavy atom. The van der Waals surface area contributed by atoms with Gasteiger partial charge in [0.25, 0.3) is 0 Å². The summed E-state index contributed by atoms with van der Waals surface area (Å²) in [4.78, 5) is 11.7. The van der Waals surface area contributed by atoms with E-state index >= 15 is 0 Å². The summed E-state index contributed by atoms with van der Waals surface area (Å²) >= 11 is 0. The number of hydrogen-bond acceptors (Lipinski definition) is 3. The zero-order chi connectivity index (χ0) is 17.2. The van der Waals surface area contributed by atoms with Gasteiger partial charge in [-0.3, -0.25) is 4.79 Å². The molecule has 0 unspecified atom stereocenters. The van der Waals surface area contributed by atoms with Gasteiger partial charge in [0.05, 0.1) is 4.90 Å². The summed E-state index contributed by atoms with van der Waals surface area (Å²) in [6, 6.07) is 16.5. The Morgan fingerprint density at radius 3 is 2.29 bits per heavy atom. The predicted molar refractivity (Wildman–Crippen MR) is 93.6 cm³/mol. The van der Waals surface area contributed by atoms with Crippen LogP contribution in [0.15, 0.2) is 59.5 Å². The fraction of sp³-hybridized carbons (Fsp3) is 0.316. The normalized spacial score (nSPS) is 16.9. The first-order valence-electron chi connectivity index (χ1n) is 8.14. The third-order valence-electron chi connectivity index (χ3n) is 4.60. The topological polar surface area (TPSA) is 54.5 Å². The van der Waals surface area contributed by atoms with Gasteiger partial charge in [-0.15, -0.1) is 0 Å². The van der Waals surface area contributed by atoms with Crippen molar-refractivity contribution in [2.45, 2.75) is 30.6 Å². The minimum absolute atomic E-state index is 0.130. The molecule has 0 atom stereocenters. The van der Waals surface area contributed by atoms with Crippen molar-refractivity contribution in [3.8, 4) is 0 Å². The van der Waals surface area contributed by atoms with Crippen LogP contribution in [0.2, 0.25) is 0 Å². The van der Waals surface area contributed by atoms with E-state index in [2.05, 4.69) is 12.1 Å². The van der Waals surface area contributed by atoms with Crippen LogP contribution in [-0.4, -0.2) is 31.6 Å². The van der Waals surface area contributed by atoms with Crippen LogP contribution in [0.25, 0.3) is 0 Å². The molecule has 3 rings (SSSR count). The van der Waals surface area contributed by atoms with E-state index in [0.29, 0.717) is 24.6 Å². The molecule has 1 saturated heterocycles. The zero-order valence-electron chi connectivity index (χ0n) is 13.7. The first-order chi connectivity index (χ1) is 11.5. The minimum atomic E-state index is -3.54. The van der Waals surface area contributed by atoms with Gasteiger partial charge in [0.15, 0.2) is 5.78 Å². The van der Waals surface area contributed by atoms with Gasteiger partial charge in [-0.25, -0.2) is 8.42 Å². The van der Waals surface area contributed by atoms with Crippen molar-refractivity contribution >= 4 is 15.8 Å². The Morgan fingerprint density at radius 1 is 1.00 bits per heavy atom. The molecule has 5 heteroatoms. The summed E-state index contributed by atoms with van der Waals surface area (Å²) in [6.07, 6.45) is 1.63. The van der Waals surface area contributed by atoms with Crippen LogP contribution < -0.4 is 0 Å². The van der Waals surface area contributed by atoms with Gasteiger partial charge >= 0.3 is 0 Å². The lowest BCUT2D eigenvalue weighted by molar-refractivity contribution is 0.101. The average Bonchev–Trinajstić information content (AvgIpc) is 2.62. The molecule has 0 saturated carbocycles. The minimum Gasteiger partial charge on any atom is -0.295 e. The lowest BCUT2D eigenvalue weighted by Crippen LogP contribution is -2.37. The second kappa shape index (κ2) is 6.87. The van der Waals surface area contributed by atoms with Gasteiger partial charge in [-0.1, -0.05) is 42.5 Å². The third kappa shape index (κ3) is 3.42. The Balaban J connectivity index is 1.75. The Kier molecular flexibility index (Phi) is 4.83. The highest BCUT2D eigenvalue weighted by molar-refractivity contribution is 7.89. The van der Waals surface area contributed by atoms with Crippen molar-refractivity contribution in [2.75, 3.05) is 13.1 Å². The van der Waals surface area contributed by atoms with Gasteiger partial charge in [0.2, 0.25) is 10.0 Å². The van der Waals surface area contributed by atoms with E-state index in [0.717, 1.165) is 12.8 Å². The third-order valence-corrected chi connectivity index (χ3v) is 6.50. The SMILES string of the molecule is CC(=O)c1cccc(S(=O)(=O)N2CCC(c3ccccc3)CC2)c1. The van der Waals surface area contributed by atoms with Gasteiger partial charge in [-0.2, -0.15) is 4.31 Å². The van der Waals surface area contributed by atoms with E-state index in [1.165, 1.54) is 22.9 Å². The number of ketones is 1. The van der Waals surface area contributed by atoms with E-state index in [-0.39, 0.29) is 10.7 Å². The molecule has 2 aromatic carbocycles. The molecule has 126 valence electrons. The van der Waals surface area contributed by atoms with E-state index in [4.69, 9.17) is 0 Å². The van der Waals surface area contributed by atoms with Crippen LogP contribution in [0.3, 0.4) is 0 Å². The largest absolute Gasteiger partial charge is 0.295 e. The Labute approximate surface area is 143 Å². The highest BCUT2D eigenvalue weighted by Crippen LogP contribution is 2.30. The molecule has 0 radical (unpaired) electrons. The number of piperidine rings is 1. The molecule has 1 aliphatic heterocycles. The van der Waals surface area contributed by atoms with Crippen molar-refractivity contribution in [1.82, 2.24) is 4.31 Å². The molecule has 1 aliphatic rings. The maximum atomic E-state index is 12.8. The molecular formula is C19H21NO3S. The number of hydrogen-bond donors (Lipinski definition) is 0. The van der Waals surface area contributed by atoms with E-state index in [9.17, 15) is 13.2 Å². The van der Waals surface area contributed by atoms with Crippen LogP contribution in [0.5, 0.6) is 0 Å². The lowest BCUT2D eigenvalue weighted by atomic mass is 9.90. The maximum Gasteiger partial charge on any atom is 0.243 e. The van der Waals surface area contributed by atoms with Crippen LogP contribution in [-0.2, 0) is 10.0 Å². The summed E-state index contributed by atoms with van der Waals surface area (Å²) in [5, 5.41) is 0. The molecule has 4 nitrogen and oxygen atoms in total. The smallest absolute Gasteiger partial charge is 0.243 e. The van der Waals surface area contributed by atoms with Gasteiger partial charge in [0, 0.05) is 18.7 Å². The van der Waals surface area contributed by atoms with E-state index in [1.54, 1.807) is 18.2 Å². The first kappa shape index (κ1) is 16.9.